The van der Waals surface area contributed by atoms with Gasteiger partial charge in [0.2, 0.25) is 0 Å². The number of aliphatic hydroxyl groups is 1. The van der Waals surface area contributed by atoms with Gasteiger partial charge in [0.05, 0.1) is 17.3 Å². The number of hydrazine groups is 1. The molecule has 3 heterocycles. The van der Waals surface area contributed by atoms with E-state index in [0.717, 1.165) is 40.9 Å². The zero-order chi connectivity index (χ0) is 17.9. The summed E-state index contributed by atoms with van der Waals surface area (Å²) in [5.41, 5.74) is 5.53. The summed E-state index contributed by atoms with van der Waals surface area (Å²) >= 11 is 0. The summed E-state index contributed by atoms with van der Waals surface area (Å²) in [6.45, 7) is 2.04. The number of nitrogen functional groups attached to an aromatic ring is 1. The molecule has 7 heteroatoms. The van der Waals surface area contributed by atoms with E-state index in [9.17, 15) is 5.11 Å². The van der Waals surface area contributed by atoms with Crippen LogP contribution in [0.2, 0.25) is 0 Å². The topological polar surface area (TPSA) is 99.3 Å². The van der Waals surface area contributed by atoms with Gasteiger partial charge < -0.3 is 20.7 Å². The van der Waals surface area contributed by atoms with Gasteiger partial charge in [0.1, 0.15) is 5.82 Å². The van der Waals surface area contributed by atoms with Crippen LogP contribution in [0.4, 0.5) is 17.3 Å². The Morgan fingerprint density at radius 2 is 2.15 bits per heavy atom. The Morgan fingerprint density at radius 3 is 2.96 bits per heavy atom. The van der Waals surface area contributed by atoms with E-state index in [4.69, 9.17) is 5.84 Å². The second-order valence-electron chi connectivity index (χ2n) is 6.48. The van der Waals surface area contributed by atoms with Crippen molar-refractivity contribution in [1.29, 1.82) is 0 Å². The van der Waals surface area contributed by atoms with Crippen molar-refractivity contribution < 1.29 is 5.11 Å². The van der Waals surface area contributed by atoms with Gasteiger partial charge in [-0.05, 0) is 42.3 Å². The van der Waals surface area contributed by atoms with Gasteiger partial charge in [-0.15, -0.1) is 0 Å². The zero-order valence-electron chi connectivity index (χ0n) is 14.4. The number of nitrogens with zero attached hydrogens (tertiary/aromatic N) is 3. The Kier molecular flexibility index (Phi) is 4.55. The molecule has 1 saturated heterocycles. The third-order valence-electron chi connectivity index (χ3n) is 4.65. The molecule has 0 amide bonds. The Bertz CT molecular complexity index is 915. The predicted molar refractivity (Wildman–Crippen MR) is 104 cm³/mol. The van der Waals surface area contributed by atoms with Crippen molar-refractivity contribution in [2.24, 2.45) is 5.84 Å². The van der Waals surface area contributed by atoms with Crippen molar-refractivity contribution in [3.8, 4) is 0 Å². The summed E-state index contributed by atoms with van der Waals surface area (Å²) in [4.78, 5) is 11.1. The Labute approximate surface area is 151 Å². The van der Waals surface area contributed by atoms with E-state index in [2.05, 4.69) is 43.8 Å². The number of aliphatic hydroxyl groups excluding tert-OH is 1. The molecule has 1 unspecified atom stereocenters. The molecule has 0 saturated carbocycles. The molecule has 134 valence electrons. The largest absolute Gasteiger partial charge is 0.391 e. The summed E-state index contributed by atoms with van der Waals surface area (Å²) in [6, 6.07) is 14.0. The highest BCUT2D eigenvalue weighted by atomic mass is 16.3. The molecule has 5 N–H and O–H groups in total. The third-order valence-corrected chi connectivity index (χ3v) is 4.65. The summed E-state index contributed by atoms with van der Waals surface area (Å²) in [5, 5.41) is 14.2. The molecular weight excluding hydrogens is 328 g/mol. The molecule has 3 aromatic rings. The first kappa shape index (κ1) is 16.6. The average Bonchev–Trinajstić information content (AvgIpc) is 3.12. The van der Waals surface area contributed by atoms with Gasteiger partial charge in [-0.1, -0.05) is 12.1 Å². The standard InChI is InChI=1S/C19H22N6O/c20-24-17-5-6-18(25-9-7-15(26)12-25)23-19(17)22-11-13-3-4-16-14(10-13)2-1-8-21-16/h1-6,8,10,15,24,26H,7,9,11-12,20H2,(H,22,23). The summed E-state index contributed by atoms with van der Waals surface area (Å²) in [6.07, 6.45) is 2.28. The number of aromatic nitrogens is 2. The number of nitrogens with one attached hydrogen (secondary N) is 2. The Balaban J connectivity index is 1.54. The Morgan fingerprint density at radius 1 is 1.23 bits per heavy atom. The Hall–Kier alpha value is -2.90. The van der Waals surface area contributed by atoms with Crippen LogP contribution in [0.15, 0.2) is 48.7 Å². The lowest BCUT2D eigenvalue weighted by atomic mass is 10.1. The van der Waals surface area contributed by atoms with Crippen molar-refractivity contribution in [2.75, 3.05) is 28.7 Å². The van der Waals surface area contributed by atoms with Crippen LogP contribution in [0, 0.1) is 0 Å². The first-order chi connectivity index (χ1) is 12.7. The maximum atomic E-state index is 9.75. The molecule has 1 aliphatic heterocycles. The van der Waals surface area contributed by atoms with Crippen molar-refractivity contribution in [1.82, 2.24) is 9.97 Å². The molecule has 2 aromatic heterocycles. The molecule has 26 heavy (non-hydrogen) atoms. The van der Waals surface area contributed by atoms with E-state index in [-0.39, 0.29) is 6.10 Å². The highest BCUT2D eigenvalue weighted by Crippen LogP contribution is 2.26. The normalized spacial score (nSPS) is 16.8. The molecule has 0 bridgehead atoms. The van der Waals surface area contributed by atoms with Gasteiger partial charge in [0, 0.05) is 31.2 Å². The maximum absolute atomic E-state index is 9.75. The van der Waals surface area contributed by atoms with Crippen LogP contribution in [0.3, 0.4) is 0 Å². The van der Waals surface area contributed by atoms with Crippen LogP contribution >= 0.6 is 0 Å². The van der Waals surface area contributed by atoms with Gasteiger partial charge >= 0.3 is 0 Å². The van der Waals surface area contributed by atoms with E-state index in [0.29, 0.717) is 18.9 Å². The molecule has 4 rings (SSSR count). The fourth-order valence-corrected chi connectivity index (χ4v) is 3.25. The number of hydrogen-bond acceptors (Lipinski definition) is 7. The number of hydrogen-bond donors (Lipinski definition) is 4. The summed E-state index contributed by atoms with van der Waals surface area (Å²) in [7, 11) is 0. The second kappa shape index (κ2) is 7.15. The first-order valence-corrected chi connectivity index (χ1v) is 8.71. The minimum atomic E-state index is -0.285. The van der Waals surface area contributed by atoms with E-state index >= 15 is 0 Å². The number of anilines is 3. The second-order valence-corrected chi connectivity index (χ2v) is 6.48. The van der Waals surface area contributed by atoms with Crippen LogP contribution in [0.25, 0.3) is 10.9 Å². The van der Waals surface area contributed by atoms with Crippen LogP contribution in [-0.4, -0.2) is 34.3 Å². The molecule has 1 atom stereocenters. The highest BCUT2D eigenvalue weighted by Gasteiger charge is 2.22. The lowest BCUT2D eigenvalue weighted by Gasteiger charge is -2.19. The first-order valence-electron chi connectivity index (χ1n) is 8.71. The summed E-state index contributed by atoms with van der Waals surface area (Å²) < 4.78 is 0. The van der Waals surface area contributed by atoms with Crippen molar-refractivity contribution in [3.63, 3.8) is 0 Å². The molecule has 1 fully saturated rings. The minimum absolute atomic E-state index is 0.285. The monoisotopic (exact) mass is 350 g/mol. The predicted octanol–water partition coefficient (Wildman–Crippen LogP) is 2.10. The van der Waals surface area contributed by atoms with Crippen LogP contribution in [0.1, 0.15) is 12.0 Å². The van der Waals surface area contributed by atoms with E-state index in [1.165, 1.54) is 0 Å². The molecule has 1 aromatic carbocycles. The minimum Gasteiger partial charge on any atom is -0.391 e. The third kappa shape index (κ3) is 3.40. The number of benzene rings is 1. The smallest absolute Gasteiger partial charge is 0.153 e. The summed E-state index contributed by atoms with van der Waals surface area (Å²) in [5.74, 6) is 7.16. The number of pyridine rings is 2. The van der Waals surface area contributed by atoms with Crippen molar-refractivity contribution >= 4 is 28.2 Å². The van der Waals surface area contributed by atoms with Crippen LogP contribution < -0.4 is 21.5 Å². The van der Waals surface area contributed by atoms with E-state index in [1.807, 2.05) is 24.3 Å². The lowest BCUT2D eigenvalue weighted by Crippen LogP contribution is -2.23. The number of β-amino-alcohol motifs (C(OH)–C–C–N with tert-alkyl or cyclic N) is 1. The van der Waals surface area contributed by atoms with E-state index < -0.39 is 0 Å². The molecule has 0 spiro atoms. The van der Waals surface area contributed by atoms with Crippen LogP contribution in [-0.2, 0) is 6.54 Å². The number of rotatable bonds is 5. The fourth-order valence-electron chi connectivity index (χ4n) is 3.25. The van der Waals surface area contributed by atoms with Gasteiger partial charge in [0.25, 0.3) is 0 Å². The average molecular weight is 350 g/mol. The van der Waals surface area contributed by atoms with Gasteiger partial charge in [-0.3, -0.25) is 10.8 Å². The van der Waals surface area contributed by atoms with E-state index in [1.54, 1.807) is 6.20 Å². The molecule has 7 nitrogen and oxygen atoms in total. The van der Waals surface area contributed by atoms with Crippen molar-refractivity contribution in [3.05, 3.63) is 54.2 Å². The molecular formula is C19H22N6O. The molecule has 1 aliphatic rings. The zero-order valence-corrected chi connectivity index (χ0v) is 14.4. The van der Waals surface area contributed by atoms with Crippen molar-refractivity contribution in [2.45, 2.75) is 19.1 Å². The van der Waals surface area contributed by atoms with Gasteiger partial charge in [-0.25, -0.2) is 4.98 Å². The lowest BCUT2D eigenvalue weighted by molar-refractivity contribution is 0.198. The quantitative estimate of drug-likeness (QED) is 0.413. The molecule has 0 aliphatic carbocycles. The SMILES string of the molecule is NNc1ccc(N2CCC(O)C2)nc1NCc1ccc2ncccc2c1. The number of fused-ring (bicyclic) bond motifs is 1. The van der Waals surface area contributed by atoms with Gasteiger partial charge in [0.15, 0.2) is 5.82 Å². The maximum Gasteiger partial charge on any atom is 0.153 e. The van der Waals surface area contributed by atoms with Crippen LogP contribution in [0.5, 0.6) is 0 Å². The molecule has 0 radical (unpaired) electrons. The fraction of sp³-hybridized carbons (Fsp3) is 0.263. The van der Waals surface area contributed by atoms with Gasteiger partial charge in [-0.2, -0.15) is 0 Å². The number of nitrogens with two attached hydrogens (primary N) is 1. The highest BCUT2D eigenvalue weighted by molar-refractivity contribution is 5.79.